The van der Waals surface area contributed by atoms with Crippen LogP contribution >= 0.6 is 0 Å². The molecule has 21 heavy (non-hydrogen) atoms. The van der Waals surface area contributed by atoms with E-state index in [-0.39, 0.29) is 17.9 Å². The van der Waals surface area contributed by atoms with Gasteiger partial charge in [0.05, 0.1) is 6.54 Å². The number of anilines is 1. The quantitative estimate of drug-likeness (QED) is 0.808. The average molecular weight is 292 g/mol. The molecule has 3 N–H and O–H groups in total. The van der Waals surface area contributed by atoms with E-state index in [1.54, 1.807) is 6.07 Å². The molecule has 0 fully saturated rings. The van der Waals surface area contributed by atoms with Crippen LogP contribution in [0.3, 0.4) is 0 Å². The maximum absolute atomic E-state index is 12.9. The first-order valence-corrected chi connectivity index (χ1v) is 6.08. The molecule has 0 aliphatic heterocycles. The van der Waals surface area contributed by atoms with Gasteiger partial charge in [-0.3, -0.25) is 0 Å². The predicted molar refractivity (Wildman–Crippen MR) is 72.7 cm³/mol. The molecule has 1 aromatic heterocycles. The summed E-state index contributed by atoms with van der Waals surface area (Å²) in [6.07, 6.45) is 0. The van der Waals surface area contributed by atoms with E-state index in [0.717, 1.165) is 0 Å². The molecule has 6 nitrogen and oxygen atoms in total. The standard InChI is InChI=1S/C14H13FN2O4/c1-8-12(13(18)19)6-11(21-8)7-16-14(20)17-10-4-2-3-9(15)5-10/h2-6H,7H2,1H3,(H,18,19)(H2,16,17,20). The Bertz CT molecular complexity index is 681. The molecule has 0 saturated carbocycles. The van der Waals surface area contributed by atoms with Gasteiger partial charge in [-0.05, 0) is 31.2 Å². The van der Waals surface area contributed by atoms with E-state index in [9.17, 15) is 14.0 Å². The number of rotatable bonds is 4. The van der Waals surface area contributed by atoms with Crippen LogP contribution in [-0.4, -0.2) is 17.1 Å². The summed E-state index contributed by atoms with van der Waals surface area (Å²) in [5, 5.41) is 13.8. The number of nitrogens with one attached hydrogen (secondary N) is 2. The Hall–Kier alpha value is -2.83. The van der Waals surface area contributed by atoms with Crippen molar-refractivity contribution in [1.82, 2.24) is 5.32 Å². The number of hydrogen-bond donors (Lipinski definition) is 3. The molecule has 1 heterocycles. The molecule has 0 spiro atoms. The van der Waals surface area contributed by atoms with Gasteiger partial charge in [-0.15, -0.1) is 0 Å². The van der Waals surface area contributed by atoms with E-state index in [1.807, 2.05) is 0 Å². The van der Waals surface area contributed by atoms with Crippen molar-refractivity contribution in [3.63, 3.8) is 0 Å². The number of carbonyl (C=O) groups excluding carboxylic acids is 1. The minimum Gasteiger partial charge on any atom is -0.478 e. The summed E-state index contributed by atoms with van der Waals surface area (Å²) in [6, 6.07) is 6.26. The maximum Gasteiger partial charge on any atom is 0.339 e. The van der Waals surface area contributed by atoms with Crippen LogP contribution in [-0.2, 0) is 6.54 Å². The van der Waals surface area contributed by atoms with Gasteiger partial charge in [0.25, 0.3) is 0 Å². The Labute approximate surface area is 119 Å². The van der Waals surface area contributed by atoms with E-state index in [1.165, 1.54) is 31.2 Å². The van der Waals surface area contributed by atoms with Crippen LogP contribution in [0.2, 0.25) is 0 Å². The smallest absolute Gasteiger partial charge is 0.339 e. The molecular formula is C14H13FN2O4. The number of urea groups is 1. The van der Waals surface area contributed by atoms with Crippen molar-refractivity contribution >= 4 is 17.7 Å². The highest BCUT2D eigenvalue weighted by molar-refractivity contribution is 5.90. The van der Waals surface area contributed by atoms with Gasteiger partial charge in [0.15, 0.2) is 0 Å². The Kier molecular flexibility index (Phi) is 4.22. The Morgan fingerprint density at radius 3 is 2.71 bits per heavy atom. The molecule has 0 radical (unpaired) electrons. The third-order valence-electron chi connectivity index (χ3n) is 2.70. The summed E-state index contributed by atoms with van der Waals surface area (Å²) >= 11 is 0. The van der Waals surface area contributed by atoms with Crippen molar-refractivity contribution in [3.05, 3.63) is 53.2 Å². The average Bonchev–Trinajstić information content (AvgIpc) is 2.78. The number of aromatic carboxylic acids is 1. The van der Waals surface area contributed by atoms with E-state index in [0.29, 0.717) is 11.4 Å². The van der Waals surface area contributed by atoms with Crippen LogP contribution in [0, 0.1) is 12.7 Å². The zero-order valence-electron chi connectivity index (χ0n) is 11.1. The summed E-state index contributed by atoms with van der Waals surface area (Å²) < 4.78 is 18.2. The van der Waals surface area contributed by atoms with Gasteiger partial charge in [0, 0.05) is 5.69 Å². The lowest BCUT2D eigenvalue weighted by Gasteiger charge is -2.06. The minimum atomic E-state index is -1.09. The topological polar surface area (TPSA) is 91.6 Å². The zero-order valence-corrected chi connectivity index (χ0v) is 11.1. The van der Waals surface area contributed by atoms with Crippen LogP contribution in [0.4, 0.5) is 14.9 Å². The summed E-state index contributed by atoms with van der Waals surface area (Å²) in [5.74, 6) is -0.962. The molecule has 7 heteroatoms. The van der Waals surface area contributed by atoms with Gasteiger partial charge in [-0.1, -0.05) is 6.07 Å². The Morgan fingerprint density at radius 2 is 2.10 bits per heavy atom. The van der Waals surface area contributed by atoms with Crippen molar-refractivity contribution < 1.29 is 23.5 Å². The number of carbonyl (C=O) groups is 2. The van der Waals surface area contributed by atoms with Gasteiger partial charge < -0.3 is 20.2 Å². The van der Waals surface area contributed by atoms with Crippen LogP contribution in [0.15, 0.2) is 34.7 Å². The molecule has 0 aliphatic carbocycles. The SMILES string of the molecule is Cc1oc(CNC(=O)Nc2cccc(F)c2)cc1C(=O)O. The van der Waals surface area contributed by atoms with Crippen LogP contribution in [0.1, 0.15) is 21.9 Å². The Balaban J connectivity index is 1.92. The molecule has 0 saturated heterocycles. The van der Waals surface area contributed by atoms with E-state index >= 15 is 0 Å². The summed E-state index contributed by atoms with van der Waals surface area (Å²) in [4.78, 5) is 22.5. The first-order chi connectivity index (χ1) is 9.95. The molecule has 0 atom stereocenters. The number of carboxylic acid groups (broad SMARTS) is 1. The molecule has 110 valence electrons. The maximum atomic E-state index is 12.9. The minimum absolute atomic E-state index is 0.0231. The van der Waals surface area contributed by atoms with E-state index in [4.69, 9.17) is 9.52 Å². The normalized spacial score (nSPS) is 10.2. The lowest BCUT2D eigenvalue weighted by molar-refractivity contribution is 0.0695. The van der Waals surface area contributed by atoms with Crippen molar-refractivity contribution in [2.45, 2.75) is 13.5 Å². The number of hydrogen-bond acceptors (Lipinski definition) is 3. The Morgan fingerprint density at radius 1 is 1.33 bits per heavy atom. The van der Waals surface area contributed by atoms with Gasteiger partial charge in [-0.25, -0.2) is 14.0 Å². The van der Waals surface area contributed by atoms with Crippen molar-refractivity contribution in [2.75, 3.05) is 5.32 Å². The largest absolute Gasteiger partial charge is 0.478 e. The highest BCUT2D eigenvalue weighted by Crippen LogP contribution is 2.14. The highest BCUT2D eigenvalue weighted by atomic mass is 19.1. The fourth-order valence-electron chi connectivity index (χ4n) is 1.75. The molecular weight excluding hydrogens is 279 g/mol. The molecule has 0 aliphatic rings. The van der Waals surface area contributed by atoms with Crippen molar-refractivity contribution in [1.29, 1.82) is 0 Å². The molecule has 0 bridgehead atoms. The third kappa shape index (κ3) is 3.82. The molecule has 2 aromatic rings. The summed E-state index contributed by atoms with van der Waals surface area (Å²) in [6.45, 7) is 1.55. The zero-order chi connectivity index (χ0) is 15.4. The number of halogens is 1. The van der Waals surface area contributed by atoms with Gasteiger partial charge in [0.2, 0.25) is 0 Å². The second-order valence-electron chi connectivity index (χ2n) is 4.31. The third-order valence-corrected chi connectivity index (χ3v) is 2.70. The number of carboxylic acids is 1. The van der Waals surface area contributed by atoms with Gasteiger partial charge in [-0.2, -0.15) is 0 Å². The summed E-state index contributed by atoms with van der Waals surface area (Å²) in [5.41, 5.74) is 0.367. The monoisotopic (exact) mass is 292 g/mol. The van der Waals surface area contributed by atoms with Crippen molar-refractivity contribution in [3.8, 4) is 0 Å². The van der Waals surface area contributed by atoms with E-state index < -0.39 is 17.8 Å². The first kappa shape index (κ1) is 14.6. The van der Waals surface area contributed by atoms with Crippen LogP contribution in [0.5, 0.6) is 0 Å². The van der Waals surface area contributed by atoms with Gasteiger partial charge >= 0.3 is 12.0 Å². The molecule has 2 rings (SSSR count). The predicted octanol–water partition coefficient (Wildman–Crippen LogP) is 2.75. The number of aryl methyl sites for hydroxylation is 1. The van der Waals surface area contributed by atoms with E-state index in [2.05, 4.69) is 10.6 Å². The number of benzene rings is 1. The number of amides is 2. The number of furan rings is 1. The molecule has 1 aromatic carbocycles. The molecule has 0 unspecified atom stereocenters. The van der Waals surface area contributed by atoms with Crippen molar-refractivity contribution in [2.24, 2.45) is 0 Å². The van der Waals surface area contributed by atoms with Crippen LogP contribution < -0.4 is 10.6 Å². The van der Waals surface area contributed by atoms with Gasteiger partial charge in [0.1, 0.15) is 22.9 Å². The fourth-order valence-corrected chi connectivity index (χ4v) is 1.75. The lowest BCUT2D eigenvalue weighted by Crippen LogP contribution is -2.28. The second-order valence-corrected chi connectivity index (χ2v) is 4.31. The first-order valence-electron chi connectivity index (χ1n) is 6.08. The molecule has 2 amide bonds. The lowest BCUT2D eigenvalue weighted by atomic mass is 10.2. The van der Waals surface area contributed by atoms with Crippen LogP contribution in [0.25, 0.3) is 0 Å². The fraction of sp³-hybridized carbons (Fsp3) is 0.143. The summed E-state index contributed by atoms with van der Waals surface area (Å²) in [7, 11) is 0. The second kappa shape index (κ2) is 6.08. The highest BCUT2D eigenvalue weighted by Gasteiger charge is 2.14.